The van der Waals surface area contributed by atoms with Crippen LogP contribution in [0.2, 0.25) is 0 Å². The van der Waals surface area contributed by atoms with E-state index in [4.69, 9.17) is 9.47 Å². The molecule has 0 fully saturated rings. The maximum absolute atomic E-state index is 10.7. The van der Waals surface area contributed by atoms with Crippen molar-refractivity contribution in [1.82, 2.24) is 0 Å². The van der Waals surface area contributed by atoms with Crippen molar-refractivity contribution in [1.29, 1.82) is 0 Å². The maximum Gasteiger partial charge on any atom is 0.302 e. The summed E-state index contributed by atoms with van der Waals surface area (Å²) in [6, 6.07) is 18.5. The average Bonchev–Trinajstić information content (AvgIpc) is 2.53. The highest BCUT2D eigenvalue weighted by Crippen LogP contribution is 2.32. The molecule has 0 saturated carbocycles. The molecule has 0 saturated heterocycles. The van der Waals surface area contributed by atoms with Gasteiger partial charge in [0.2, 0.25) is 0 Å². The third-order valence-corrected chi connectivity index (χ3v) is 3.73. The van der Waals surface area contributed by atoms with Gasteiger partial charge in [0.05, 0.1) is 0 Å². The van der Waals surface area contributed by atoms with E-state index >= 15 is 0 Å². The molecule has 0 spiro atoms. The molecule has 0 atom stereocenters. The Kier molecular flexibility index (Phi) is 5.21. The fourth-order valence-corrected chi connectivity index (χ4v) is 2.33. The third kappa shape index (κ3) is 4.10. The maximum atomic E-state index is 10.7. The Bertz CT molecular complexity index is 600. The molecule has 0 aliphatic heterocycles. The molecule has 0 aromatic heterocycles. The molecule has 2 aromatic rings. The van der Waals surface area contributed by atoms with Gasteiger partial charge in [0, 0.05) is 12.3 Å². The standard InChI is InChI=1S/C19H22O3/c1-15(20)21-13-14-22-18-11-9-17(10-12-18)19(2,3)16-7-5-4-6-8-16/h4-12H,13-14H2,1-3H3. The molecule has 0 unspecified atom stereocenters. The van der Waals surface area contributed by atoms with Crippen molar-refractivity contribution in [3.05, 3.63) is 65.7 Å². The lowest BCUT2D eigenvalue weighted by atomic mass is 9.78. The Morgan fingerprint density at radius 2 is 1.50 bits per heavy atom. The average molecular weight is 298 g/mol. The molecule has 0 N–H and O–H groups in total. The van der Waals surface area contributed by atoms with Crippen molar-refractivity contribution in [2.45, 2.75) is 26.2 Å². The number of carbonyl (C=O) groups excluding carboxylic acids is 1. The van der Waals surface area contributed by atoms with Crippen LogP contribution in [0, 0.1) is 0 Å². The summed E-state index contributed by atoms with van der Waals surface area (Å²) in [5.74, 6) is 0.489. The Morgan fingerprint density at radius 3 is 2.09 bits per heavy atom. The zero-order valence-corrected chi connectivity index (χ0v) is 13.3. The van der Waals surface area contributed by atoms with Crippen LogP contribution in [0.25, 0.3) is 0 Å². The van der Waals surface area contributed by atoms with Gasteiger partial charge in [-0.25, -0.2) is 0 Å². The van der Waals surface area contributed by atoms with Gasteiger partial charge in [-0.3, -0.25) is 4.79 Å². The first-order valence-electron chi connectivity index (χ1n) is 7.42. The minimum Gasteiger partial charge on any atom is -0.490 e. The monoisotopic (exact) mass is 298 g/mol. The molecule has 22 heavy (non-hydrogen) atoms. The second kappa shape index (κ2) is 7.12. The number of hydrogen-bond acceptors (Lipinski definition) is 3. The summed E-state index contributed by atoms with van der Waals surface area (Å²) in [7, 11) is 0. The summed E-state index contributed by atoms with van der Waals surface area (Å²) in [6.45, 7) is 6.44. The van der Waals surface area contributed by atoms with Crippen molar-refractivity contribution in [2.75, 3.05) is 13.2 Å². The minimum atomic E-state index is -0.288. The van der Waals surface area contributed by atoms with Crippen molar-refractivity contribution in [3.8, 4) is 5.75 Å². The van der Waals surface area contributed by atoms with Gasteiger partial charge in [0.15, 0.2) is 0 Å². The Labute approximate surface area is 131 Å². The van der Waals surface area contributed by atoms with Gasteiger partial charge in [-0.2, -0.15) is 0 Å². The second-order valence-corrected chi connectivity index (χ2v) is 5.70. The van der Waals surface area contributed by atoms with Crippen LogP contribution in [0.1, 0.15) is 31.9 Å². The summed E-state index contributed by atoms with van der Waals surface area (Å²) in [5, 5.41) is 0. The SMILES string of the molecule is CC(=O)OCCOc1ccc(C(C)(C)c2ccccc2)cc1. The van der Waals surface area contributed by atoms with Crippen molar-refractivity contribution in [3.63, 3.8) is 0 Å². The van der Waals surface area contributed by atoms with Crippen LogP contribution < -0.4 is 4.74 Å². The smallest absolute Gasteiger partial charge is 0.302 e. The molecule has 2 rings (SSSR count). The summed E-state index contributed by atoms with van der Waals surface area (Å²) in [5.41, 5.74) is 2.45. The molecule has 116 valence electrons. The molecule has 0 aliphatic rings. The molecule has 3 heteroatoms. The van der Waals surface area contributed by atoms with Crippen LogP contribution >= 0.6 is 0 Å². The van der Waals surface area contributed by atoms with Crippen molar-refractivity contribution in [2.24, 2.45) is 0 Å². The van der Waals surface area contributed by atoms with Crippen molar-refractivity contribution >= 4 is 5.97 Å². The van der Waals surface area contributed by atoms with Gasteiger partial charge in [-0.15, -0.1) is 0 Å². The highest BCUT2D eigenvalue weighted by Gasteiger charge is 2.22. The normalized spacial score (nSPS) is 11.0. The van der Waals surface area contributed by atoms with E-state index in [1.807, 2.05) is 18.2 Å². The van der Waals surface area contributed by atoms with E-state index in [0.29, 0.717) is 6.61 Å². The van der Waals surface area contributed by atoms with Gasteiger partial charge in [0.1, 0.15) is 19.0 Å². The summed E-state index contributed by atoms with van der Waals surface area (Å²) >= 11 is 0. The summed E-state index contributed by atoms with van der Waals surface area (Å²) in [6.07, 6.45) is 0. The first-order chi connectivity index (χ1) is 10.5. The van der Waals surface area contributed by atoms with Gasteiger partial charge in [0.25, 0.3) is 0 Å². The molecule has 3 nitrogen and oxygen atoms in total. The van der Waals surface area contributed by atoms with E-state index in [-0.39, 0.29) is 18.0 Å². The van der Waals surface area contributed by atoms with Crippen LogP contribution in [0.4, 0.5) is 0 Å². The van der Waals surface area contributed by atoms with Crippen LogP contribution in [-0.2, 0) is 14.9 Å². The molecule has 0 aliphatic carbocycles. The minimum absolute atomic E-state index is 0.0580. The molecular weight excluding hydrogens is 276 g/mol. The van der Waals surface area contributed by atoms with Gasteiger partial charge < -0.3 is 9.47 Å². The van der Waals surface area contributed by atoms with E-state index < -0.39 is 0 Å². The largest absolute Gasteiger partial charge is 0.490 e. The van der Waals surface area contributed by atoms with Crippen LogP contribution in [0.5, 0.6) is 5.75 Å². The molecule has 0 heterocycles. The first kappa shape index (κ1) is 16.1. The van der Waals surface area contributed by atoms with E-state index in [0.717, 1.165) is 5.75 Å². The molecule has 0 amide bonds. The van der Waals surface area contributed by atoms with Gasteiger partial charge in [-0.1, -0.05) is 56.3 Å². The highest BCUT2D eigenvalue weighted by molar-refractivity contribution is 5.65. The zero-order chi connectivity index (χ0) is 16.0. The molecule has 2 aromatic carbocycles. The molecule has 0 radical (unpaired) electrons. The van der Waals surface area contributed by atoms with Gasteiger partial charge in [-0.05, 0) is 23.3 Å². The third-order valence-electron chi connectivity index (χ3n) is 3.73. The number of carbonyl (C=O) groups is 1. The lowest BCUT2D eigenvalue weighted by molar-refractivity contribution is -0.141. The van der Waals surface area contributed by atoms with Crippen LogP contribution in [-0.4, -0.2) is 19.2 Å². The van der Waals surface area contributed by atoms with E-state index in [9.17, 15) is 4.79 Å². The predicted octanol–water partition coefficient (Wildman–Crippen LogP) is 3.95. The molecule has 0 bridgehead atoms. The van der Waals surface area contributed by atoms with E-state index in [1.54, 1.807) is 0 Å². The lowest BCUT2D eigenvalue weighted by Crippen LogP contribution is -2.18. The van der Waals surface area contributed by atoms with E-state index in [1.165, 1.54) is 18.1 Å². The number of esters is 1. The molecular formula is C19H22O3. The quantitative estimate of drug-likeness (QED) is 0.598. The van der Waals surface area contributed by atoms with E-state index in [2.05, 4.69) is 50.2 Å². The van der Waals surface area contributed by atoms with Crippen molar-refractivity contribution < 1.29 is 14.3 Å². The Balaban J connectivity index is 2.01. The topological polar surface area (TPSA) is 35.5 Å². The highest BCUT2D eigenvalue weighted by atomic mass is 16.6. The number of rotatable bonds is 6. The number of ether oxygens (including phenoxy) is 2. The lowest BCUT2D eigenvalue weighted by Gasteiger charge is -2.26. The first-order valence-corrected chi connectivity index (χ1v) is 7.42. The van der Waals surface area contributed by atoms with Crippen LogP contribution in [0.15, 0.2) is 54.6 Å². The van der Waals surface area contributed by atoms with Gasteiger partial charge >= 0.3 is 5.97 Å². The Morgan fingerprint density at radius 1 is 0.909 bits per heavy atom. The number of benzene rings is 2. The fourth-order valence-electron chi connectivity index (χ4n) is 2.33. The summed E-state index contributed by atoms with van der Waals surface area (Å²) in [4.78, 5) is 10.7. The number of hydrogen-bond donors (Lipinski definition) is 0. The predicted molar refractivity (Wildman–Crippen MR) is 87.1 cm³/mol. The fraction of sp³-hybridized carbons (Fsp3) is 0.316. The Hall–Kier alpha value is -2.29. The second-order valence-electron chi connectivity index (χ2n) is 5.70. The zero-order valence-electron chi connectivity index (χ0n) is 13.3. The summed E-state index contributed by atoms with van der Waals surface area (Å²) < 4.78 is 10.4. The van der Waals surface area contributed by atoms with Crippen LogP contribution in [0.3, 0.4) is 0 Å².